The lowest BCUT2D eigenvalue weighted by Crippen LogP contribution is -2.08. The molecule has 0 saturated carbocycles. The normalized spacial score (nSPS) is 14.9. The fourth-order valence-corrected chi connectivity index (χ4v) is 3.28. The third kappa shape index (κ3) is 3.30. The third-order valence-corrected chi connectivity index (χ3v) is 4.67. The van der Waals surface area contributed by atoms with Gasteiger partial charge < -0.3 is 4.74 Å². The van der Waals surface area contributed by atoms with E-state index in [4.69, 9.17) is 16.3 Å². The van der Waals surface area contributed by atoms with Gasteiger partial charge in [-0.05, 0) is 30.3 Å². The smallest absolute Gasteiger partial charge is 0.363 e. The van der Waals surface area contributed by atoms with Gasteiger partial charge in [-0.3, -0.25) is 19.5 Å². The van der Waals surface area contributed by atoms with Crippen LogP contribution >= 0.6 is 11.6 Å². The number of esters is 1. The molecule has 8 nitrogen and oxygen atoms in total. The van der Waals surface area contributed by atoms with Gasteiger partial charge in [0.05, 0.1) is 16.1 Å². The molecular weight excluding hydrogens is 398 g/mol. The molecule has 144 valence electrons. The van der Waals surface area contributed by atoms with Gasteiger partial charge in [0.2, 0.25) is 11.8 Å². The lowest BCUT2D eigenvalue weighted by molar-refractivity contribution is -0.384. The van der Waals surface area contributed by atoms with Gasteiger partial charge in [-0.25, -0.2) is 9.79 Å². The largest absolute Gasteiger partial charge is 0.402 e. The molecule has 9 heteroatoms. The molecule has 3 aromatic rings. The summed E-state index contributed by atoms with van der Waals surface area (Å²) in [5.74, 6) is -1.02. The Bertz CT molecular complexity index is 1270. The Morgan fingerprint density at radius 1 is 1.24 bits per heavy atom. The number of carbonyl (C=O) groups excluding carboxylic acids is 2. The van der Waals surface area contributed by atoms with Gasteiger partial charge in [-0.2, -0.15) is 0 Å². The summed E-state index contributed by atoms with van der Waals surface area (Å²) in [4.78, 5) is 39.0. The average molecular weight is 410 g/mol. The molecule has 0 fully saturated rings. The number of fused-ring (bicyclic) bond motifs is 1. The van der Waals surface area contributed by atoms with Crippen LogP contribution in [0.2, 0.25) is 5.02 Å². The standard InChI is InChI=1S/C20H12ClN3O5/c1-11(25)23-14(8-12-4-2-3-5-17(12)23)10-16-20(26)29-19(22-16)13-6-7-15(21)18(9-13)24(27)28/h2-10H,1H3/b16-10-. The van der Waals surface area contributed by atoms with Gasteiger partial charge in [0.1, 0.15) is 5.02 Å². The number of halogens is 1. The summed E-state index contributed by atoms with van der Waals surface area (Å²) in [6, 6.07) is 13.1. The molecule has 0 saturated heterocycles. The number of nitrogens with zero attached hydrogens (tertiary/aromatic N) is 3. The van der Waals surface area contributed by atoms with Crippen molar-refractivity contribution in [2.45, 2.75) is 6.92 Å². The van der Waals surface area contributed by atoms with Crippen LogP contribution in [0, 0.1) is 10.1 Å². The number of cyclic esters (lactones) is 1. The fourth-order valence-electron chi connectivity index (χ4n) is 3.09. The summed E-state index contributed by atoms with van der Waals surface area (Å²) in [5, 5.41) is 11.9. The van der Waals surface area contributed by atoms with Crippen molar-refractivity contribution in [2.75, 3.05) is 0 Å². The van der Waals surface area contributed by atoms with Gasteiger partial charge >= 0.3 is 5.97 Å². The molecule has 0 N–H and O–H groups in total. The predicted molar refractivity (Wildman–Crippen MR) is 107 cm³/mol. The number of ether oxygens (including phenoxy) is 1. The number of aliphatic imine (C=N–C) groups is 1. The second-order valence-corrected chi connectivity index (χ2v) is 6.65. The first-order chi connectivity index (χ1) is 13.8. The second kappa shape index (κ2) is 6.99. The maximum Gasteiger partial charge on any atom is 0.363 e. The Labute approximate surface area is 168 Å². The zero-order valence-corrected chi connectivity index (χ0v) is 15.7. The van der Waals surface area contributed by atoms with Crippen LogP contribution in [0.25, 0.3) is 17.0 Å². The monoisotopic (exact) mass is 409 g/mol. The minimum atomic E-state index is -0.724. The highest BCUT2D eigenvalue weighted by Gasteiger charge is 2.27. The molecule has 0 spiro atoms. The Hall–Kier alpha value is -3.78. The van der Waals surface area contributed by atoms with Crippen molar-refractivity contribution in [1.82, 2.24) is 4.57 Å². The third-order valence-electron chi connectivity index (χ3n) is 4.35. The van der Waals surface area contributed by atoms with Crippen molar-refractivity contribution in [1.29, 1.82) is 0 Å². The Morgan fingerprint density at radius 2 is 2.00 bits per heavy atom. The number of hydrogen-bond donors (Lipinski definition) is 0. The Balaban J connectivity index is 1.79. The summed E-state index contributed by atoms with van der Waals surface area (Å²) >= 11 is 5.81. The van der Waals surface area contributed by atoms with Gasteiger partial charge in [-0.15, -0.1) is 0 Å². The van der Waals surface area contributed by atoms with Gasteiger partial charge in [0.15, 0.2) is 5.70 Å². The maximum atomic E-state index is 12.3. The maximum absolute atomic E-state index is 12.3. The molecule has 0 amide bonds. The lowest BCUT2D eigenvalue weighted by Gasteiger charge is -2.02. The lowest BCUT2D eigenvalue weighted by atomic mass is 10.2. The fraction of sp³-hybridized carbons (Fsp3) is 0.0500. The summed E-state index contributed by atoms with van der Waals surface area (Å²) in [5.41, 5.74) is 1.07. The number of benzene rings is 2. The minimum Gasteiger partial charge on any atom is -0.402 e. The molecule has 29 heavy (non-hydrogen) atoms. The molecule has 2 heterocycles. The van der Waals surface area contributed by atoms with Gasteiger partial charge in [0, 0.05) is 23.9 Å². The highest BCUT2D eigenvalue weighted by Crippen LogP contribution is 2.28. The van der Waals surface area contributed by atoms with E-state index in [1.807, 2.05) is 18.2 Å². The van der Waals surface area contributed by atoms with Crippen LogP contribution in [0.3, 0.4) is 0 Å². The highest BCUT2D eigenvalue weighted by atomic mass is 35.5. The van der Waals surface area contributed by atoms with Crippen molar-refractivity contribution in [2.24, 2.45) is 4.99 Å². The van der Waals surface area contributed by atoms with E-state index in [0.717, 1.165) is 5.39 Å². The first-order valence-corrected chi connectivity index (χ1v) is 8.81. The van der Waals surface area contributed by atoms with E-state index < -0.39 is 10.9 Å². The van der Waals surface area contributed by atoms with Crippen LogP contribution in [0.1, 0.15) is 23.0 Å². The van der Waals surface area contributed by atoms with E-state index in [-0.39, 0.29) is 33.8 Å². The summed E-state index contributed by atoms with van der Waals surface area (Å²) < 4.78 is 6.63. The molecule has 0 unspecified atom stereocenters. The number of hydrogen-bond acceptors (Lipinski definition) is 6. The van der Waals surface area contributed by atoms with Gasteiger partial charge in [0.25, 0.3) is 5.69 Å². The van der Waals surface area contributed by atoms with Crippen LogP contribution in [0.5, 0.6) is 0 Å². The molecule has 2 aromatic carbocycles. The Morgan fingerprint density at radius 3 is 2.72 bits per heavy atom. The molecular formula is C20H12ClN3O5. The number of carbonyl (C=O) groups is 2. The first-order valence-electron chi connectivity index (χ1n) is 8.43. The van der Waals surface area contributed by atoms with E-state index in [1.54, 1.807) is 12.1 Å². The number of nitro groups is 1. The summed E-state index contributed by atoms with van der Waals surface area (Å²) in [6.07, 6.45) is 1.45. The Kier molecular flexibility index (Phi) is 4.48. The van der Waals surface area contributed by atoms with Crippen molar-refractivity contribution >= 4 is 52.0 Å². The molecule has 0 bridgehead atoms. The van der Waals surface area contributed by atoms with E-state index in [2.05, 4.69) is 4.99 Å². The quantitative estimate of drug-likeness (QED) is 0.279. The van der Waals surface area contributed by atoms with Crippen molar-refractivity contribution in [3.05, 3.63) is 80.6 Å². The number of aromatic nitrogens is 1. The van der Waals surface area contributed by atoms with Crippen molar-refractivity contribution in [3.63, 3.8) is 0 Å². The zero-order chi connectivity index (χ0) is 20.7. The number of rotatable bonds is 3. The van der Waals surface area contributed by atoms with Crippen molar-refractivity contribution < 1.29 is 19.2 Å². The minimum absolute atomic E-state index is 0.0251. The molecule has 0 radical (unpaired) electrons. The number of para-hydroxylation sites is 1. The molecule has 1 aliphatic heterocycles. The molecule has 4 rings (SSSR count). The van der Waals surface area contributed by atoms with Crippen LogP contribution in [0.15, 0.2) is 59.2 Å². The zero-order valence-electron chi connectivity index (χ0n) is 15.0. The molecule has 0 aliphatic carbocycles. The van der Waals surface area contributed by atoms with Crippen LogP contribution < -0.4 is 0 Å². The SMILES string of the molecule is CC(=O)n1c(/C=C2\N=C(c3ccc(Cl)c([N+](=O)[O-])c3)OC2=O)cc2ccccc21. The average Bonchev–Trinajstić information content (AvgIpc) is 3.22. The highest BCUT2D eigenvalue weighted by molar-refractivity contribution is 6.32. The molecule has 0 atom stereocenters. The topological polar surface area (TPSA) is 104 Å². The van der Waals surface area contributed by atoms with Crippen LogP contribution in [-0.2, 0) is 9.53 Å². The van der Waals surface area contributed by atoms with E-state index in [0.29, 0.717) is 11.2 Å². The number of nitro benzene ring substituents is 1. The van der Waals surface area contributed by atoms with E-state index in [9.17, 15) is 19.7 Å². The van der Waals surface area contributed by atoms with E-state index in [1.165, 1.54) is 35.8 Å². The second-order valence-electron chi connectivity index (χ2n) is 6.24. The summed E-state index contributed by atoms with van der Waals surface area (Å²) in [7, 11) is 0. The molecule has 1 aliphatic rings. The van der Waals surface area contributed by atoms with Crippen LogP contribution in [0.4, 0.5) is 5.69 Å². The van der Waals surface area contributed by atoms with Crippen LogP contribution in [-0.4, -0.2) is 27.3 Å². The predicted octanol–water partition coefficient (Wildman–Crippen LogP) is 4.21. The first kappa shape index (κ1) is 18.6. The summed E-state index contributed by atoms with van der Waals surface area (Å²) in [6.45, 7) is 1.42. The van der Waals surface area contributed by atoms with Crippen molar-refractivity contribution in [3.8, 4) is 0 Å². The van der Waals surface area contributed by atoms with E-state index >= 15 is 0 Å². The molecule has 1 aromatic heterocycles. The van der Waals surface area contributed by atoms with Gasteiger partial charge in [-0.1, -0.05) is 29.8 Å².